The molecule has 0 saturated carbocycles. The fraction of sp³-hybridized carbons (Fsp3) is 0.500. The van der Waals surface area contributed by atoms with Crippen molar-refractivity contribution >= 4 is 17.5 Å². The number of primary amides is 1. The van der Waals surface area contributed by atoms with Crippen LogP contribution in [0.3, 0.4) is 0 Å². The van der Waals surface area contributed by atoms with E-state index in [1.165, 1.54) is 17.1 Å². The Morgan fingerprint density at radius 1 is 1.56 bits per heavy atom. The maximum atomic E-state index is 11.9. The third-order valence-electron chi connectivity index (χ3n) is 2.68. The minimum absolute atomic E-state index is 0.0259. The highest BCUT2D eigenvalue weighted by atomic mass is 16.5. The highest BCUT2D eigenvalue weighted by molar-refractivity contribution is 5.93. The Bertz CT molecular complexity index is 458. The van der Waals surface area contributed by atoms with Crippen LogP contribution in [0.15, 0.2) is 12.4 Å². The maximum absolute atomic E-state index is 11.9. The van der Waals surface area contributed by atoms with Gasteiger partial charge in [-0.25, -0.2) is 0 Å². The van der Waals surface area contributed by atoms with Gasteiger partial charge in [-0.15, -0.1) is 0 Å². The highest BCUT2D eigenvalue weighted by Crippen LogP contribution is 2.14. The van der Waals surface area contributed by atoms with Crippen LogP contribution in [-0.2, 0) is 20.9 Å². The van der Waals surface area contributed by atoms with Gasteiger partial charge in [-0.05, 0) is 0 Å². The minimum Gasteiger partial charge on any atom is -0.379 e. The van der Waals surface area contributed by atoms with Gasteiger partial charge in [0.25, 0.3) is 0 Å². The summed E-state index contributed by atoms with van der Waals surface area (Å²) in [5.41, 5.74) is 11.3. The molecule has 1 aromatic heterocycles. The lowest BCUT2D eigenvalue weighted by molar-refractivity contribution is -0.120. The van der Waals surface area contributed by atoms with Crippen molar-refractivity contribution in [1.29, 1.82) is 0 Å². The number of nitrogens with two attached hydrogens (primary N) is 2. The van der Waals surface area contributed by atoms with Crippen LogP contribution in [0.2, 0.25) is 0 Å². The zero-order chi connectivity index (χ0) is 13.1. The van der Waals surface area contributed by atoms with E-state index in [0.29, 0.717) is 18.9 Å². The summed E-state index contributed by atoms with van der Waals surface area (Å²) in [7, 11) is 0. The number of hydrogen-bond donors (Lipinski definition) is 3. The third-order valence-corrected chi connectivity index (χ3v) is 2.68. The molecule has 0 aliphatic carbocycles. The smallest absolute Gasteiger partial charge is 0.239 e. The summed E-state index contributed by atoms with van der Waals surface area (Å²) in [5.74, 6) is -1.06. The molecule has 1 aliphatic rings. The normalized spacial score (nSPS) is 22.9. The maximum Gasteiger partial charge on any atom is 0.239 e. The van der Waals surface area contributed by atoms with Crippen LogP contribution >= 0.6 is 0 Å². The molecule has 1 aromatic rings. The molecule has 18 heavy (non-hydrogen) atoms. The number of amides is 2. The van der Waals surface area contributed by atoms with Gasteiger partial charge >= 0.3 is 0 Å². The Kier molecular flexibility index (Phi) is 3.58. The van der Waals surface area contributed by atoms with Crippen molar-refractivity contribution in [3.05, 3.63) is 12.4 Å². The van der Waals surface area contributed by atoms with Crippen molar-refractivity contribution < 1.29 is 14.3 Å². The number of nitrogens with zero attached hydrogens (tertiary/aromatic N) is 2. The molecule has 0 spiro atoms. The molecular formula is C10H15N5O3. The predicted octanol–water partition coefficient (Wildman–Crippen LogP) is -1.72. The van der Waals surface area contributed by atoms with Crippen LogP contribution < -0.4 is 16.8 Å². The lowest BCUT2D eigenvalue weighted by atomic mass is 10.0. The number of ether oxygens (including phenoxy) is 1. The standard InChI is InChI=1S/C10H15N5O3/c11-8-5-18-4-7(8)10(17)14-6-1-13-15(2-6)3-9(12)16/h1-2,7-8H,3-5,11H2,(H2,12,16)(H,14,17). The predicted molar refractivity (Wildman–Crippen MR) is 62.3 cm³/mol. The first kappa shape index (κ1) is 12.5. The van der Waals surface area contributed by atoms with Gasteiger partial charge in [0.1, 0.15) is 6.54 Å². The van der Waals surface area contributed by atoms with E-state index in [9.17, 15) is 9.59 Å². The number of aromatic nitrogens is 2. The average molecular weight is 253 g/mol. The number of anilines is 1. The molecule has 2 rings (SSSR count). The van der Waals surface area contributed by atoms with Gasteiger partial charge in [-0.3, -0.25) is 14.3 Å². The lowest BCUT2D eigenvalue weighted by Gasteiger charge is -2.11. The Labute approximate surface area is 103 Å². The molecule has 1 aliphatic heterocycles. The summed E-state index contributed by atoms with van der Waals surface area (Å²) in [4.78, 5) is 22.6. The molecule has 2 unspecified atom stereocenters. The van der Waals surface area contributed by atoms with E-state index in [-0.39, 0.29) is 24.4 Å². The van der Waals surface area contributed by atoms with Crippen molar-refractivity contribution in [2.45, 2.75) is 12.6 Å². The SMILES string of the molecule is NC(=O)Cn1cc(NC(=O)C2COCC2N)cn1. The molecule has 2 amide bonds. The molecule has 8 heteroatoms. The van der Waals surface area contributed by atoms with Crippen molar-refractivity contribution in [1.82, 2.24) is 9.78 Å². The number of hydrogen-bond acceptors (Lipinski definition) is 5. The van der Waals surface area contributed by atoms with E-state index >= 15 is 0 Å². The topological polar surface area (TPSA) is 125 Å². The summed E-state index contributed by atoms with van der Waals surface area (Å²) in [6.07, 6.45) is 2.98. The first-order valence-corrected chi connectivity index (χ1v) is 5.51. The van der Waals surface area contributed by atoms with E-state index < -0.39 is 5.91 Å². The summed E-state index contributed by atoms with van der Waals surface area (Å²) >= 11 is 0. The molecule has 8 nitrogen and oxygen atoms in total. The Balaban J connectivity index is 1.94. The van der Waals surface area contributed by atoms with Gasteiger partial charge in [-0.1, -0.05) is 0 Å². The molecule has 0 bridgehead atoms. The first-order chi connectivity index (χ1) is 8.56. The van der Waals surface area contributed by atoms with Gasteiger partial charge in [0.05, 0.1) is 31.0 Å². The molecule has 1 saturated heterocycles. The van der Waals surface area contributed by atoms with Crippen LogP contribution in [0.4, 0.5) is 5.69 Å². The largest absolute Gasteiger partial charge is 0.379 e. The molecule has 0 radical (unpaired) electrons. The zero-order valence-corrected chi connectivity index (χ0v) is 9.70. The summed E-state index contributed by atoms with van der Waals surface area (Å²) in [6.45, 7) is 0.684. The van der Waals surface area contributed by atoms with Crippen LogP contribution in [0, 0.1) is 5.92 Å². The van der Waals surface area contributed by atoms with Gasteiger partial charge in [0.15, 0.2) is 0 Å². The Hall–Kier alpha value is -1.93. The van der Waals surface area contributed by atoms with Crippen molar-refractivity contribution in [3.63, 3.8) is 0 Å². The molecule has 2 heterocycles. The fourth-order valence-corrected chi connectivity index (χ4v) is 1.75. The average Bonchev–Trinajstić information content (AvgIpc) is 2.87. The number of rotatable bonds is 4. The van der Waals surface area contributed by atoms with Gasteiger partial charge in [0.2, 0.25) is 11.8 Å². The summed E-state index contributed by atoms with van der Waals surface area (Å²) in [6, 6.07) is -0.286. The summed E-state index contributed by atoms with van der Waals surface area (Å²) in [5, 5.41) is 6.57. The molecule has 2 atom stereocenters. The van der Waals surface area contributed by atoms with Crippen LogP contribution in [0.1, 0.15) is 0 Å². The second-order valence-corrected chi connectivity index (χ2v) is 4.19. The summed E-state index contributed by atoms with van der Waals surface area (Å²) < 4.78 is 6.47. The van der Waals surface area contributed by atoms with Gasteiger partial charge in [-0.2, -0.15) is 5.10 Å². The monoisotopic (exact) mass is 253 g/mol. The van der Waals surface area contributed by atoms with E-state index in [4.69, 9.17) is 16.2 Å². The quantitative estimate of drug-likeness (QED) is 0.588. The fourth-order valence-electron chi connectivity index (χ4n) is 1.75. The van der Waals surface area contributed by atoms with Crippen molar-refractivity contribution in [2.24, 2.45) is 17.4 Å². The second-order valence-electron chi connectivity index (χ2n) is 4.19. The molecule has 1 fully saturated rings. The van der Waals surface area contributed by atoms with Gasteiger partial charge in [0, 0.05) is 12.2 Å². The number of carbonyl (C=O) groups is 2. The van der Waals surface area contributed by atoms with Gasteiger partial charge < -0.3 is 21.5 Å². The Morgan fingerprint density at radius 2 is 2.33 bits per heavy atom. The molecular weight excluding hydrogens is 238 g/mol. The van der Waals surface area contributed by atoms with Crippen LogP contribution in [0.5, 0.6) is 0 Å². The molecule has 5 N–H and O–H groups in total. The van der Waals surface area contributed by atoms with E-state index in [0.717, 1.165) is 0 Å². The third kappa shape index (κ3) is 2.84. The van der Waals surface area contributed by atoms with Crippen molar-refractivity contribution in [3.8, 4) is 0 Å². The first-order valence-electron chi connectivity index (χ1n) is 5.51. The zero-order valence-electron chi connectivity index (χ0n) is 9.70. The van der Waals surface area contributed by atoms with Crippen molar-refractivity contribution in [2.75, 3.05) is 18.5 Å². The number of nitrogens with one attached hydrogen (secondary N) is 1. The van der Waals surface area contributed by atoms with E-state index in [1.807, 2.05) is 0 Å². The van der Waals surface area contributed by atoms with E-state index in [2.05, 4.69) is 10.4 Å². The van der Waals surface area contributed by atoms with Crippen LogP contribution in [0.25, 0.3) is 0 Å². The molecule has 0 aromatic carbocycles. The van der Waals surface area contributed by atoms with E-state index in [1.54, 1.807) is 0 Å². The minimum atomic E-state index is -0.498. The second kappa shape index (κ2) is 5.15. The Morgan fingerprint density at radius 3 is 2.94 bits per heavy atom. The number of carbonyl (C=O) groups excluding carboxylic acids is 2. The highest BCUT2D eigenvalue weighted by Gasteiger charge is 2.31. The molecule has 98 valence electrons. The van der Waals surface area contributed by atoms with Crippen LogP contribution in [-0.4, -0.2) is 40.9 Å². The lowest BCUT2D eigenvalue weighted by Crippen LogP contribution is -2.37.